The molecule has 30 heavy (non-hydrogen) atoms. The third kappa shape index (κ3) is 6.27. The Morgan fingerprint density at radius 2 is 1.50 bits per heavy atom. The van der Waals surface area contributed by atoms with Crippen LogP contribution in [-0.2, 0) is 17.9 Å². The first-order chi connectivity index (χ1) is 14.6. The number of rotatable bonds is 8. The summed E-state index contributed by atoms with van der Waals surface area (Å²) in [7, 11) is 0. The van der Waals surface area contributed by atoms with E-state index in [1.807, 2.05) is 60.7 Å². The van der Waals surface area contributed by atoms with Crippen LogP contribution < -0.4 is 11.1 Å². The zero-order valence-corrected chi connectivity index (χ0v) is 16.3. The molecular formula is C23H23N5O2. The van der Waals surface area contributed by atoms with Gasteiger partial charge in [0.2, 0.25) is 6.04 Å². The van der Waals surface area contributed by atoms with E-state index in [4.69, 9.17) is 5.73 Å². The van der Waals surface area contributed by atoms with Crippen molar-refractivity contribution >= 4 is 17.4 Å². The Hall–Kier alpha value is -4.00. The van der Waals surface area contributed by atoms with Crippen molar-refractivity contribution in [1.29, 1.82) is 0 Å². The Morgan fingerprint density at radius 3 is 2.13 bits per heavy atom. The van der Waals surface area contributed by atoms with Gasteiger partial charge in [-0.15, -0.1) is 0 Å². The van der Waals surface area contributed by atoms with Gasteiger partial charge in [-0.25, -0.2) is 0 Å². The van der Waals surface area contributed by atoms with E-state index in [0.717, 1.165) is 11.1 Å². The highest BCUT2D eigenvalue weighted by Gasteiger charge is 2.22. The highest BCUT2D eigenvalue weighted by atomic mass is 16.3. The maximum Gasteiger partial charge on any atom is 0.254 e. The van der Waals surface area contributed by atoms with Gasteiger partial charge in [0.25, 0.3) is 5.91 Å². The van der Waals surface area contributed by atoms with Crippen LogP contribution in [0.2, 0.25) is 0 Å². The molecule has 152 valence electrons. The van der Waals surface area contributed by atoms with Crippen molar-refractivity contribution < 1.29 is 9.90 Å². The zero-order chi connectivity index (χ0) is 21.2. The van der Waals surface area contributed by atoms with Crippen LogP contribution in [-0.4, -0.2) is 22.9 Å². The highest BCUT2D eigenvalue weighted by molar-refractivity contribution is 6.06. The number of amides is 1. The number of nitrogens with two attached hydrogens (primary N) is 1. The monoisotopic (exact) mass is 401 g/mol. The minimum absolute atomic E-state index is 0.0759. The van der Waals surface area contributed by atoms with E-state index < -0.39 is 11.9 Å². The third-order valence-electron chi connectivity index (χ3n) is 4.26. The minimum Gasteiger partial charge on any atom is -0.508 e. The maximum absolute atomic E-state index is 12.8. The number of carbonyl (C=O) groups excluding carboxylic acids is 1. The molecule has 0 aliphatic carbocycles. The molecule has 7 nitrogen and oxygen atoms in total. The molecule has 0 aliphatic rings. The number of aliphatic imine (C=N–C) groups is 1. The molecule has 0 fully saturated rings. The average molecular weight is 401 g/mol. The van der Waals surface area contributed by atoms with Crippen LogP contribution in [0, 0.1) is 0 Å². The van der Waals surface area contributed by atoms with Gasteiger partial charge in [0.1, 0.15) is 11.6 Å². The SMILES string of the molecule is N/C(=N\Cc1ccccc1)C(/N=N/c1ccc(O)cc1)C(=O)NCc1ccccc1. The number of hydrogen-bond acceptors (Lipinski definition) is 5. The Morgan fingerprint density at radius 1 is 0.900 bits per heavy atom. The molecule has 1 amide bonds. The predicted octanol–water partition coefficient (Wildman–Crippen LogP) is 3.72. The maximum atomic E-state index is 12.8. The summed E-state index contributed by atoms with van der Waals surface area (Å²) in [6.07, 6.45) is 0. The van der Waals surface area contributed by atoms with E-state index in [1.165, 1.54) is 12.1 Å². The number of azo groups is 1. The minimum atomic E-state index is -1.06. The second-order valence-corrected chi connectivity index (χ2v) is 6.56. The van der Waals surface area contributed by atoms with E-state index in [-0.39, 0.29) is 11.6 Å². The summed E-state index contributed by atoms with van der Waals surface area (Å²) < 4.78 is 0. The molecule has 3 rings (SSSR count). The van der Waals surface area contributed by atoms with E-state index in [1.54, 1.807) is 12.1 Å². The largest absolute Gasteiger partial charge is 0.508 e. The number of benzene rings is 3. The number of aromatic hydroxyl groups is 1. The number of phenolic OH excluding ortho intramolecular Hbond substituents is 1. The number of carbonyl (C=O) groups is 1. The normalized spacial score (nSPS) is 12.6. The van der Waals surface area contributed by atoms with Gasteiger partial charge < -0.3 is 16.2 Å². The highest BCUT2D eigenvalue weighted by Crippen LogP contribution is 2.17. The Bertz CT molecular complexity index is 1000. The molecule has 1 atom stereocenters. The summed E-state index contributed by atoms with van der Waals surface area (Å²) >= 11 is 0. The molecule has 0 spiro atoms. The first-order valence-corrected chi connectivity index (χ1v) is 9.47. The summed E-state index contributed by atoms with van der Waals surface area (Å²) in [5, 5.41) is 20.4. The number of phenols is 1. The fourth-order valence-corrected chi connectivity index (χ4v) is 2.62. The Labute approximate surface area is 175 Å². The predicted molar refractivity (Wildman–Crippen MR) is 116 cm³/mol. The van der Waals surface area contributed by atoms with Crippen LogP contribution in [0.25, 0.3) is 0 Å². The molecular weight excluding hydrogens is 378 g/mol. The molecule has 0 bridgehead atoms. The standard InChI is InChI=1S/C23H23N5O2/c24-22(25-15-17-7-3-1-4-8-17)21(28-27-19-11-13-20(29)14-12-19)23(30)26-16-18-9-5-2-6-10-18/h1-14,21,29H,15-16H2,(H2,24,25)(H,26,30)/b28-27+. The summed E-state index contributed by atoms with van der Waals surface area (Å²) in [5.41, 5.74) is 8.54. The van der Waals surface area contributed by atoms with Crippen molar-refractivity contribution in [1.82, 2.24) is 5.32 Å². The quantitative estimate of drug-likeness (QED) is 0.304. The molecule has 0 saturated carbocycles. The van der Waals surface area contributed by atoms with Gasteiger partial charge in [0.15, 0.2) is 0 Å². The fraction of sp³-hybridized carbons (Fsp3) is 0.130. The third-order valence-corrected chi connectivity index (χ3v) is 4.26. The first-order valence-electron chi connectivity index (χ1n) is 9.47. The molecule has 0 aliphatic heterocycles. The van der Waals surface area contributed by atoms with Crippen molar-refractivity contribution in [3.63, 3.8) is 0 Å². The van der Waals surface area contributed by atoms with E-state index >= 15 is 0 Å². The van der Waals surface area contributed by atoms with Crippen LogP contribution >= 0.6 is 0 Å². The van der Waals surface area contributed by atoms with Crippen LogP contribution in [0.3, 0.4) is 0 Å². The topological polar surface area (TPSA) is 112 Å². The van der Waals surface area contributed by atoms with Gasteiger partial charge in [-0.2, -0.15) is 10.2 Å². The molecule has 0 aromatic heterocycles. The van der Waals surface area contributed by atoms with Gasteiger partial charge in [0.05, 0.1) is 12.2 Å². The lowest BCUT2D eigenvalue weighted by atomic mass is 10.2. The molecule has 7 heteroatoms. The lowest BCUT2D eigenvalue weighted by molar-refractivity contribution is -0.121. The molecule has 3 aromatic carbocycles. The van der Waals surface area contributed by atoms with E-state index in [2.05, 4.69) is 20.5 Å². The van der Waals surface area contributed by atoms with E-state index in [9.17, 15) is 9.90 Å². The number of nitrogens with one attached hydrogen (secondary N) is 1. The molecule has 3 aromatic rings. The van der Waals surface area contributed by atoms with Crippen LogP contribution in [0.5, 0.6) is 5.75 Å². The van der Waals surface area contributed by atoms with Crippen LogP contribution in [0.15, 0.2) is 100 Å². The van der Waals surface area contributed by atoms with Gasteiger partial charge in [-0.1, -0.05) is 60.7 Å². The first kappa shape index (κ1) is 20.7. The Balaban J connectivity index is 1.75. The lowest BCUT2D eigenvalue weighted by Gasteiger charge is -2.12. The van der Waals surface area contributed by atoms with Crippen molar-refractivity contribution in [2.24, 2.45) is 21.0 Å². The molecule has 0 saturated heterocycles. The second-order valence-electron chi connectivity index (χ2n) is 6.56. The summed E-state index contributed by atoms with van der Waals surface area (Å²) in [6.45, 7) is 0.681. The molecule has 0 heterocycles. The molecule has 0 radical (unpaired) electrons. The molecule has 1 unspecified atom stereocenters. The van der Waals surface area contributed by atoms with Crippen LogP contribution in [0.1, 0.15) is 11.1 Å². The number of amidine groups is 1. The lowest BCUT2D eigenvalue weighted by Crippen LogP contribution is -2.42. The van der Waals surface area contributed by atoms with Gasteiger partial charge in [-0.3, -0.25) is 9.79 Å². The van der Waals surface area contributed by atoms with E-state index in [0.29, 0.717) is 18.8 Å². The smallest absolute Gasteiger partial charge is 0.254 e. The Kier molecular flexibility index (Phi) is 7.27. The molecule has 4 N–H and O–H groups in total. The summed E-state index contributed by atoms with van der Waals surface area (Å²) in [4.78, 5) is 17.1. The van der Waals surface area contributed by atoms with Crippen molar-refractivity contribution in [3.8, 4) is 5.75 Å². The fourth-order valence-electron chi connectivity index (χ4n) is 2.62. The van der Waals surface area contributed by atoms with Crippen molar-refractivity contribution in [3.05, 3.63) is 96.1 Å². The van der Waals surface area contributed by atoms with Gasteiger partial charge in [-0.05, 0) is 35.4 Å². The zero-order valence-electron chi connectivity index (χ0n) is 16.3. The van der Waals surface area contributed by atoms with Crippen molar-refractivity contribution in [2.75, 3.05) is 0 Å². The summed E-state index contributed by atoms with van der Waals surface area (Å²) in [6, 6.07) is 24.3. The number of nitrogens with zero attached hydrogens (tertiary/aromatic N) is 3. The number of hydrogen-bond donors (Lipinski definition) is 3. The second kappa shape index (κ2) is 10.5. The van der Waals surface area contributed by atoms with Gasteiger partial charge >= 0.3 is 0 Å². The average Bonchev–Trinajstić information content (AvgIpc) is 2.79. The summed E-state index contributed by atoms with van der Waals surface area (Å²) in [5.74, 6) is -0.197. The van der Waals surface area contributed by atoms with Crippen LogP contribution in [0.4, 0.5) is 5.69 Å². The van der Waals surface area contributed by atoms with Crippen molar-refractivity contribution in [2.45, 2.75) is 19.1 Å². The van der Waals surface area contributed by atoms with Gasteiger partial charge in [0, 0.05) is 6.54 Å².